The number of carboxylic acids is 1. The van der Waals surface area contributed by atoms with E-state index in [1.165, 1.54) is 0 Å². The van der Waals surface area contributed by atoms with E-state index < -0.39 is 61.0 Å². The van der Waals surface area contributed by atoms with E-state index in [1.807, 2.05) is 50.2 Å². The van der Waals surface area contributed by atoms with Crippen molar-refractivity contribution in [2.75, 3.05) is 6.54 Å². The van der Waals surface area contributed by atoms with Crippen LogP contribution in [0.3, 0.4) is 0 Å². The molecule has 1 fully saturated rings. The molecule has 6 rings (SSSR count). The number of nitrogens with one attached hydrogen (secondary N) is 3. The van der Waals surface area contributed by atoms with Crippen LogP contribution >= 0.6 is 7.60 Å². The van der Waals surface area contributed by atoms with Crippen molar-refractivity contribution < 1.29 is 68.2 Å². The summed E-state index contributed by atoms with van der Waals surface area (Å²) in [6.07, 6.45) is 2.41. The molecule has 2 aliphatic rings. The summed E-state index contributed by atoms with van der Waals surface area (Å²) in [5.41, 5.74) is 2.29. The van der Waals surface area contributed by atoms with E-state index in [-0.39, 0.29) is 61.3 Å². The number of benzene rings is 3. The monoisotopic (exact) mass is 696 g/mol. The fraction of sp³-hybridized carbons (Fsp3) is 0.371. The van der Waals surface area contributed by atoms with E-state index in [2.05, 4.69) is 15.6 Å². The summed E-state index contributed by atoms with van der Waals surface area (Å²) in [4.78, 5) is 80.4. The Morgan fingerprint density at radius 3 is 2.31 bits per heavy atom. The van der Waals surface area contributed by atoms with Crippen LogP contribution in [0.2, 0.25) is 0 Å². The number of hydrogen-bond donors (Lipinski definition) is 5. The second-order valence-corrected chi connectivity index (χ2v) is 14.9. The molecule has 0 radical (unpaired) electrons. The normalized spacial score (nSPS) is 22.5. The van der Waals surface area contributed by atoms with Crippen molar-refractivity contribution in [2.45, 2.75) is 57.4 Å². The maximum absolute atomic E-state index is 13.6. The molecule has 49 heavy (non-hydrogen) atoms. The smallest absolute Gasteiger partial charge is 0.778 e. The number of H-pyrrole nitrogens is 1. The van der Waals surface area contributed by atoms with Gasteiger partial charge in [-0.1, -0.05) is 56.3 Å². The molecule has 0 bridgehead atoms. The van der Waals surface area contributed by atoms with Crippen molar-refractivity contribution in [1.82, 2.24) is 20.5 Å². The molecule has 0 aliphatic carbocycles. The van der Waals surface area contributed by atoms with E-state index in [0.717, 1.165) is 21.2 Å². The zero-order valence-electron chi connectivity index (χ0n) is 27.6. The van der Waals surface area contributed by atoms with E-state index in [9.17, 15) is 38.6 Å². The van der Waals surface area contributed by atoms with Gasteiger partial charge in [0.1, 0.15) is 13.6 Å². The Bertz CT molecular complexity index is 1910. The Hall–Kier alpha value is -3.35. The number of nitrogens with zero attached hydrogens (tertiary/aromatic N) is 1. The molecule has 0 spiro atoms. The van der Waals surface area contributed by atoms with Crippen LogP contribution in [0.1, 0.15) is 59.4 Å². The summed E-state index contributed by atoms with van der Waals surface area (Å²) in [6, 6.07) is 15.4. The van der Waals surface area contributed by atoms with E-state index >= 15 is 0 Å². The van der Waals surface area contributed by atoms with Crippen LogP contribution in [0.4, 0.5) is 0 Å². The quantitative estimate of drug-likeness (QED) is 0.0851. The van der Waals surface area contributed by atoms with Crippen LogP contribution in [0.25, 0.3) is 21.7 Å². The van der Waals surface area contributed by atoms with Gasteiger partial charge in [-0.2, -0.15) is 0 Å². The summed E-state index contributed by atoms with van der Waals surface area (Å²) in [5, 5.41) is 17.5. The van der Waals surface area contributed by atoms with Gasteiger partial charge < -0.3 is 29.8 Å². The predicted molar refractivity (Wildman–Crippen MR) is 177 cm³/mol. The summed E-state index contributed by atoms with van der Waals surface area (Å²) in [7, 11) is -5.12. The Labute approximate surface area is 305 Å². The number of aromatic nitrogens is 1. The second kappa shape index (κ2) is 14.9. The molecule has 12 nitrogen and oxygen atoms in total. The first-order valence-corrected chi connectivity index (χ1v) is 17.7. The molecule has 3 heterocycles. The fourth-order valence-electron chi connectivity index (χ4n) is 7.48. The number of piperidine rings is 1. The summed E-state index contributed by atoms with van der Waals surface area (Å²) in [5.74, 6) is -5.54. The third-order valence-electron chi connectivity index (χ3n) is 9.62. The first kappa shape index (κ1) is 36.9. The maximum atomic E-state index is 13.6. The van der Waals surface area contributed by atoms with Crippen LogP contribution in [0.15, 0.2) is 66.9 Å². The Kier molecular flexibility index (Phi) is 11.2. The van der Waals surface area contributed by atoms with Gasteiger partial charge in [-0.25, -0.2) is 4.79 Å². The number of aromatic amines is 1. The van der Waals surface area contributed by atoms with Crippen LogP contribution in [-0.2, 0) is 20.6 Å². The number of rotatable bonds is 11. The third kappa shape index (κ3) is 7.56. The van der Waals surface area contributed by atoms with Gasteiger partial charge in [0.25, 0.3) is 11.8 Å². The van der Waals surface area contributed by atoms with Gasteiger partial charge in [-0.05, 0) is 66.2 Å². The Morgan fingerprint density at radius 2 is 1.69 bits per heavy atom. The molecule has 0 saturated carbocycles. The van der Waals surface area contributed by atoms with E-state index in [1.54, 1.807) is 30.5 Å². The van der Waals surface area contributed by atoms with E-state index in [4.69, 9.17) is 0 Å². The predicted octanol–water partition coefficient (Wildman–Crippen LogP) is 0.636. The number of imide groups is 1. The largest absolute Gasteiger partial charge is 1.00 e. The number of carbonyl (C=O) groups is 4. The number of amides is 3. The van der Waals surface area contributed by atoms with Gasteiger partial charge in [0.2, 0.25) is 5.91 Å². The first-order valence-electron chi connectivity index (χ1n) is 16.1. The average Bonchev–Trinajstić information content (AvgIpc) is 3.45. The van der Waals surface area contributed by atoms with Crippen LogP contribution in [0.5, 0.6) is 0 Å². The minimum Gasteiger partial charge on any atom is -0.778 e. The molecule has 6 atom stereocenters. The molecule has 1 aromatic heterocycles. The number of fused-ring (bicyclic) bond motifs is 1. The molecule has 252 valence electrons. The SMILES string of the molecule is CC(C)C[C@H]1C[C@H](C(=O)N[C@@H](Cc2c[nH]c3ccccc23)C(=O)O)N[C@@H](P(=O)([O-])O)[C@@H]1CCN1C(=O)c2cccc3cccc(c23)C1=O.[Na+]. The second-order valence-electron chi connectivity index (χ2n) is 13.2. The van der Waals surface area contributed by atoms with Crippen molar-refractivity contribution >= 4 is 53.0 Å². The molecular formula is C35H38N4NaO8P. The topological polar surface area (TPSA) is 192 Å². The summed E-state index contributed by atoms with van der Waals surface area (Å²) in [6.45, 7) is 3.81. The minimum atomic E-state index is -5.12. The van der Waals surface area contributed by atoms with Crippen molar-refractivity contribution in [3.8, 4) is 0 Å². The minimum absolute atomic E-state index is 0. The van der Waals surface area contributed by atoms with Crippen LogP contribution < -0.4 is 45.1 Å². The van der Waals surface area contributed by atoms with Gasteiger partial charge >= 0.3 is 35.5 Å². The van der Waals surface area contributed by atoms with Crippen molar-refractivity contribution in [3.05, 3.63) is 83.6 Å². The van der Waals surface area contributed by atoms with Gasteiger partial charge in [-0.3, -0.25) is 24.6 Å². The molecule has 3 aromatic carbocycles. The molecule has 1 saturated heterocycles. The Morgan fingerprint density at radius 1 is 1.04 bits per heavy atom. The number of carboxylic acid groups (broad SMARTS) is 1. The van der Waals surface area contributed by atoms with Crippen molar-refractivity contribution in [3.63, 3.8) is 0 Å². The van der Waals surface area contributed by atoms with Gasteiger partial charge in [0, 0.05) is 46.6 Å². The zero-order valence-corrected chi connectivity index (χ0v) is 30.5. The number of carbonyl (C=O) groups excluding carboxylic acids is 3. The van der Waals surface area contributed by atoms with Gasteiger partial charge in [0.05, 0.1) is 11.8 Å². The standard InChI is InChI=1S/C35H39N4O8P.Na/c1-19(2)15-21-16-28(31(40)37-29(35(43)44)17-22-18-36-27-12-4-3-9-23(22)27)38-32(48(45,46)47)24(21)13-14-39-33(41)25-10-5-7-20-8-6-11-26(30(20)25)34(39)42;/h3-12,18-19,21,24,28-29,32,36,38H,13-17H2,1-2H3,(H,37,40)(H,43,44)(H2,45,46,47);/q;+1/p-1/t21-,24+,28+,29-,32-;/m0./s1. The van der Waals surface area contributed by atoms with Gasteiger partial charge in [-0.15, -0.1) is 0 Å². The third-order valence-corrected chi connectivity index (χ3v) is 10.9. The Balaban J connectivity index is 0.00000468. The van der Waals surface area contributed by atoms with E-state index in [0.29, 0.717) is 28.5 Å². The van der Waals surface area contributed by atoms with Gasteiger partial charge in [0.15, 0.2) is 0 Å². The first-order chi connectivity index (χ1) is 22.8. The fourth-order valence-corrected chi connectivity index (χ4v) is 8.72. The molecule has 2 aliphatic heterocycles. The maximum Gasteiger partial charge on any atom is 1.00 e. The molecular weight excluding hydrogens is 658 g/mol. The number of para-hydroxylation sites is 1. The summed E-state index contributed by atoms with van der Waals surface area (Å²) >= 11 is 0. The molecule has 3 amide bonds. The number of hydrogen-bond acceptors (Lipinski definition) is 7. The number of aliphatic carboxylic acids is 1. The average molecular weight is 697 g/mol. The van der Waals surface area contributed by atoms with Crippen LogP contribution in [0, 0.1) is 17.8 Å². The van der Waals surface area contributed by atoms with Crippen molar-refractivity contribution in [1.29, 1.82) is 0 Å². The molecule has 14 heteroatoms. The van der Waals surface area contributed by atoms with Crippen LogP contribution in [-0.4, -0.2) is 68.0 Å². The van der Waals surface area contributed by atoms with Crippen molar-refractivity contribution in [2.24, 2.45) is 17.8 Å². The molecule has 1 unspecified atom stereocenters. The summed E-state index contributed by atoms with van der Waals surface area (Å²) < 4.78 is 12.9. The zero-order chi connectivity index (χ0) is 34.3. The molecule has 4 aromatic rings. The molecule has 5 N–H and O–H groups in total.